The predicted octanol–water partition coefficient (Wildman–Crippen LogP) is 2.69. The van der Waals surface area contributed by atoms with Crippen molar-refractivity contribution in [3.05, 3.63) is 17.0 Å². The first kappa shape index (κ1) is 17.6. The summed E-state index contributed by atoms with van der Waals surface area (Å²) in [6.07, 6.45) is 0. The van der Waals surface area contributed by atoms with Crippen LogP contribution in [0.15, 0.2) is 0 Å². The van der Waals surface area contributed by atoms with Crippen LogP contribution in [-0.4, -0.2) is 47.0 Å². The Morgan fingerprint density at radius 2 is 1.74 bits per heavy atom. The Balaban J connectivity index is 2.35. The first-order chi connectivity index (χ1) is 10.6. The van der Waals surface area contributed by atoms with E-state index < -0.39 is 5.92 Å². The quantitative estimate of drug-likeness (QED) is 0.857. The predicted molar refractivity (Wildman–Crippen MR) is 84.9 cm³/mol. The molecular formula is C16H24F2N4O. The molecule has 0 spiro atoms. The van der Waals surface area contributed by atoms with Gasteiger partial charge in [-0.25, -0.2) is 9.97 Å². The molecule has 23 heavy (non-hydrogen) atoms. The summed E-state index contributed by atoms with van der Waals surface area (Å²) < 4.78 is 28.0. The van der Waals surface area contributed by atoms with Crippen molar-refractivity contribution in [1.29, 1.82) is 0 Å². The standard InChI is InChI=1S/C16H24F2N4O/c1-10(2)13-11(3)19-15(20-14(13)16(5,17)18)22-8-6-21(7-9-22)12(4)23/h10H,6-9H2,1-5H3. The number of carbonyl (C=O) groups excluding carboxylic acids is 1. The number of carbonyl (C=O) groups is 1. The molecule has 0 radical (unpaired) electrons. The van der Waals surface area contributed by atoms with Gasteiger partial charge in [-0.3, -0.25) is 4.79 Å². The Morgan fingerprint density at radius 3 is 2.17 bits per heavy atom. The van der Waals surface area contributed by atoms with Gasteiger partial charge in [0.1, 0.15) is 5.69 Å². The third-order valence-electron chi connectivity index (χ3n) is 4.13. The fourth-order valence-electron chi connectivity index (χ4n) is 2.96. The van der Waals surface area contributed by atoms with Gasteiger partial charge in [-0.1, -0.05) is 13.8 Å². The van der Waals surface area contributed by atoms with E-state index in [1.54, 1.807) is 11.8 Å². The summed E-state index contributed by atoms with van der Waals surface area (Å²) in [6.45, 7) is 10.1. The minimum absolute atomic E-state index is 0.0256. The highest BCUT2D eigenvalue weighted by molar-refractivity contribution is 5.73. The largest absolute Gasteiger partial charge is 0.339 e. The first-order valence-corrected chi connectivity index (χ1v) is 7.88. The number of aromatic nitrogens is 2. The molecule has 1 aromatic heterocycles. The van der Waals surface area contributed by atoms with E-state index in [1.165, 1.54) is 6.92 Å². The van der Waals surface area contributed by atoms with Crippen LogP contribution in [0.3, 0.4) is 0 Å². The Kier molecular flexibility index (Phi) is 4.87. The second-order valence-electron chi connectivity index (χ2n) is 6.41. The van der Waals surface area contributed by atoms with Crippen molar-refractivity contribution in [2.75, 3.05) is 31.1 Å². The molecule has 0 aliphatic carbocycles. The minimum atomic E-state index is -3.01. The highest BCUT2D eigenvalue weighted by atomic mass is 19.3. The number of aryl methyl sites for hydroxylation is 1. The van der Waals surface area contributed by atoms with Crippen LogP contribution in [0.2, 0.25) is 0 Å². The molecule has 1 fully saturated rings. The van der Waals surface area contributed by atoms with Gasteiger partial charge in [-0.15, -0.1) is 0 Å². The molecule has 1 aliphatic rings. The molecule has 128 valence electrons. The Bertz CT molecular complexity index is 590. The molecule has 2 heterocycles. The van der Waals surface area contributed by atoms with Crippen molar-refractivity contribution < 1.29 is 13.6 Å². The summed E-state index contributed by atoms with van der Waals surface area (Å²) >= 11 is 0. The Hall–Kier alpha value is -1.79. The lowest BCUT2D eigenvalue weighted by atomic mass is 9.97. The number of hydrogen-bond donors (Lipinski definition) is 0. The molecule has 0 unspecified atom stereocenters. The van der Waals surface area contributed by atoms with Gasteiger partial charge in [0.25, 0.3) is 5.92 Å². The molecule has 0 atom stereocenters. The van der Waals surface area contributed by atoms with Crippen LogP contribution in [0.4, 0.5) is 14.7 Å². The highest BCUT2D eigenvalue weighted by Gasteiger charge is 2.33. The van der Waals surface area contributed by atoms with Gasteiger partial charge in [0.15, 0.2) is 0 Å². The van der Waals surface area contributed by atoms with E-state index in [4.69, 9.17) is 0 Å². The molecule has 0 bridgehead atoms. The van der Waals surface area contributed by atoms with Crippen LogP contribution >= 0.6 is 0 Å². The number of halogens is 2. The smallest absolute Gasteiger partial charge is 0.287 e. The van der Waals surface area contributed by atoms with Crippen molar-refractivity contribution in [3.8, 4) is 0 Å². The number of piperazine rings is 1. The van der Waals surface area contributed by atoms with Crippen LogP contribution in [0.5, 0.6) is 0 Å². The molecule has 0 aromatic carbocycles. The summed E-state index contributed by atoms with van der Waals surface area (Å²) in [5.41, 5.74) is 0.920. The van der Waals surface area contributed by atoms with E-state index in [9.17, 15) is 13.6 Å². The van der Waals surface area contributed by atoms with E-state index >= 15 is 0 Å². The maximum atomic E-state index is 14.0. The monoisotopic (exact) mass is 326 g/mol. The molecule has 5 nitrogen and oxygen atoms in total. The average molecular weight is 326 g/mol. The van der Waals surface area contributed by atoms with Crippen LogP contribution in [-0.2, 0) is 10.7 Å². The molecule has 1 amide bonds. The zero-order chi connectivity index (χ0) is 17.4. The van der Waals surface area contributed by atoms with Crippen molar-refractivity contribution >= 4 is 11.9 Å². The molecule has 1 saturated heterocycles. The lowest BCUT2D eigenvalue weighted by molar-refractivity contribution is -0.129. The Morgan fingerprint density at radius 1 is 1.17 bits per heavy atom. The molecule has 0 N–H and O–H groups in total. The van der Waals surface area contributed by atoms with Gasteiger partial charge in [-0.05, 0) is 12.8 Å². The van der Waals surface area contributed by atoms with Crippen LogP contribution in [0.1, 0.15) is 50.6 Å². The van der Waals surface area contributed by atoms with Gasteiger partial charge < -0.3 is 9.80 Å². The molecule has 0 saturated carbocycles. The summed E-state index contributed by atoms with van der Waals surface area (Å²) in [5.74, 6) is -2.73. The van der Waals surface area contributed by atoms with E-state index in [-0.39, 0.29) is 17.5 Å². The second-order valence-corrected chi connectivity index (χ2v) is 6.41. The van der Waals surface area contributed by atoms with Gasteiger partial charge in [0, 0.05) is 51.3 Å². The molecule has 1 aliphatic heterocycles. The van der Waals surface area contributed by atoms with Gasteiger partial charge in [-0.2, -0.15) is 8.78 Å². The molecule has 7 heteroatoms. The normalized spacial score (nSPS) is 16.2. The van der Waals surface area contributed by atoms with Gasteiger partial charge in [0.05, 0.1) is 0 Å². The topological polar surface area (TPSA) is 49.3 Å². The number of alkyl halides is 2. The van der Waals surface area contributed by atoms with Crippen molar-refractivity contribution in [2.45, 2.75) is 46.5 Å². The molecule has 1 aromatic rings. The van der Waals surface area contributed by atoms with Crippen molar-refractivity contribution in [3.63, 3.8) is 0 Å². The number of nitrogens with zero attached hydrogens (tertiary/aromatic N) is 4. The van der Waals surface area contributed by atoms with Crippen LogP contribution in [0.25, 0.3) is 0 Å². The van der Waals surface area contributed by atoms with E-state index in [0.29, 0.717) is 43.4 Å². The SMILES string of the molecule is CC(=O)N1CCN(c2nc(C)c(C(C)C)c(C(C)(F)F)n2)CC1. The number of anilines is 1. The molecule has 2 rings (SSSR count). The molecular weight excluding hydrogens is 302 g/mol. The zero-order valence-electron chi connectivity index (χ0n) is 14.4. The summed E-state index contributed by atoms with van der Waals surface area (Å²) in [5, 5.41) is 0. The third kappa shape index (κ3) is 3.76. The maximum absolute atomic E-state index is 14.0. The Labute approximate surface area is 135 Å². The lowest BCUT2D eigenvalue weighted by Crippen LogP contribution is -2.48. The van der Waals surface area contributed by atoms with Crippen LogP contribution in [0, 0.1) is 6.92 Å². The van der Waals surface area contributed by atoms with Crippen LogP contribution < -0.4 is 4.90 Å². The number of rotatable bonds is 3. The number of hydrogen-bond acceptors (Lipinski definition) is 4. The lowest BCUT2D eigenvalue weighted by Gasteiger charge is -2.35. The highest BCUT2D eigenvalue weighted by Crippen LogP contribution is 2.34. The maximum Gasteiger partial charge on any atom is 0.287 e. The van der Waals surface area contributed by atoms with Gasteiger partial charge >= 0.3 is 0 Å². The zero-order valence-corrected chi connectivity index (χ0v) is 14.4. The van der Waals surface area contributed by atoms with E-state index in [2.05, 4.69) is 9.97 Å². The van der Waals surface area contributed by atoms with Crippen molar-refractivity contribution in [1.82, 2.24) is 14.9 Å². The van der Waals surface area contributed by atoms with Gasteiger partial charge in [0.2, 0.25) is 11.9 Å². The average Bonchev–Trinajstić information content (AvgIpc) is 2.45. The summed E-state index contributed by atoms with van der Waals surface area (Å²) in [7, 11) is 0. The second kappa shape index (κ2) is 6.37. The van der Waals surface area contributed by atoms with E-state index in [0.717, 1.165) is 6.92 Å². The summed E-state index contributed by atoms with van der Waals surface area (Å²) in [4.78, 5) is 23.6. The van der Waals surface area contributed by atoms with Crippen molar-refractivity contribution in [2.24, 2.45) is 0 Å². The first-order valence-electron chi connectivity index (χ1n) is 7.88. The number of amides is 1. The minimum Gasteiger partial charge on any atom is -0.339 e. The fraction of sp³-hybridized carbons (Fsp3) is 0.688. The summed E-state index contributed by atoms with van der Waals surface area (Å²) in [6, 6.07) is 0. The van der Waals surface area contributed by atoms with E-state index in [1.807, 2.05) is 18.7 Å². The third-order valence-corrected chi connectivity index (χ3v) is 4.13. The fourth-order valence-corrected chi connectivity index (χ4v) is 2.96.